The SMILES string of the molecule is COc1ccc(C=CC(=O)N2CCc3sccc3C2c2ccc([N+](=O)[O-])cc2)cc1. The molecular formula is C23H20N2O4S. The molecule has 6 nitrogen and oxygen atoms in total. The fourth-order valence-electron chi connectivity index (χ4n) is 3.67. The number of amides is 1. The molecule has 0 fully saturated rings. The zero-order chi connectivity index (χ0) is 21.1. The second-order valence-electron chi connectivity index (χ2n) is 6.94. The van der Waals surface area contributed by atoms with Gasteiger partial charge in [-0.25, -0.2) is 0 Å². The van der Waals surface area contributed by atoms with E-state index < -0.39 is 4.92 Å². The highest BCUT2D eigenvalue weighted by Gasteiger charge is 2.32. The van der Waals surface area contributed by atoms with Gasteiger partial charge in [-0.15, -0.1) is 11.3 Å². The summed E-state index contributed by atoms with van der Waals surface area (Å²) in [6, 6.07) is 15.7. The van der Waals surface area contributed by atoms with Crippen molar-refractivity contribution in [3.63, 3.8) is 0 Å². The van der Waals surface area contributed by atoms with Gasteiger partial charge in [-0.1, -0.05) is 12.1 Å². The van der Waals surface area contributed by atoms with Crippen molar-refractivity contribution < 1.29 is 14.5 Å². The number of non-ortho nitro benzene ring substituents is 1. The van der Waals surface area contributed by atoms with Crippen molar-refractivity contribution in [1.29, 1.82) is 0 Å². The van der Waals surface area contributed by atoms with Gasteiger partial charge in [-0.05, 0) is 64.9 Å². The summed E-state index contributed by atoms with van der Waals surface area (Å²) in [6.45, 7) is 0.598. The van der Waals surface area contributed by atoms with Gasteiger partial charge in [0.1, 0.15) is 5.75 Å². The van der Waals surface area contributed by atoms with Crippen LogP contribution in [0.2, 0.25) is 0 Å². The first-order chi connectivity index (χ1) is 14.6. The number of carbonyl (C=O) groups excluding carboxylic acids is 1. The summed E-state index contributed by atoms with van der Waals surface area (Å²) in [7, 11) is 1.61. The van der Waals surface area contributed by atoms with Crippen LogP contribution in [0.25, 0.3) is 6.08 Å². The van der Waals surface area contributed by atoms with Crippen molar-refractivity contribution in [2.75, 3.05) is 13.7 Å². The molecule has 1 aliphatic rings. The van der Waals surface area contributed by atoms with Crippen LogP contribution >= 0.6 is 11.3 Å². The minimum absolute atomic E-state index is 0.0392. The van der Waals surface area contributed by atoms with E-state index in [0.717, 1.165) is 28.9 Å². The van der Waals surface area contributed by atoms with Crippen LogP contribution in [0.3, 0.4) is 0 Å². The topological polar surface area (TPSA) is 72.7 Å². The third-order valence-electron chi connectivity index (χ3n) is 5.20. The summed E-state index contributed by atoms with van der Waals surface area (Å²) in [5.74, 6) is 0.670. The van der Waals surface area contributed by atoms with E-state index in [9.17, 15) is 14.9 Å². The van der Waals surface area contributed by atoms with Crippen LogP contribution in [-0.2, 0) is 11.2 Å². The van der Waals surface area contributed by atoms with Crippen LogP contribution in [0.1, 0.15) is 27.6 Å². The fraction of sp³-hybridized carbons (Fsp3) is 0.174. The Bertz CT molecular complexity index is 1090. The minimum atomic E-state index is -0.415. The van der Waals surface area contributed by atoms with Crippen molar-refractivity contribution in [1.82, 2.24) is 4.90 Å². The predicted octanol–water partition coefficient (Wildman–Crippen LogP) is 4.85. The number of methoxy groups -OCH3 is 1. The summed E-state index contributed by atoms with van der Waals surface area (Å²) in [5.41, 5.74) is 2.90. The smallest absolute Gasteiger partial charge is 0.269 e. The summed E-state index contributed by atoms with van der Waals surface area (Å²) in [6.07, 6.45) is 4.17. The van der Waals surface area contributed by atoms with Crippen molar-refractivity contribution in [2.24, 2.45) is 0 Å². The zero-order valence-electron chi connectivity index (χ0n) is 16.4. The Kier molecular flexibility index (Phi) is 5.63. The Morgan fingerprint density at radius 3 is 2.57 bits per heavy atom. The molecule has 0 bridgehead atoms. The Hall–Kier alpha value is -3.45. The summed E-state index contributed by atoms with van der Waals surface area (Å²) >= 11 is 1.68. The summed E-state index contributed by atoms with van der Waals surface area (Å²) < 4.78 is 5.16. The normalized spacial score (nSPS) is 15.8. The number of carbonyl (C=O) groups is 1. The molecule has 0 aliphatic carbocycles. The molecule has 0 saturated heterocycles. The third-order valence-corrected chi connectivity index (χ3v) is 6.20. The number of nitro benzene ring substituents is 1. The number of fused-ring (bicyclic) bond motifs is 1. The van der Waals surface area contributed by atoms with E-state index >= 15 is 0 Å². The van der Waals surface area contributed by atoms with Gasteiger partial charge in [-0.2, -0.15) is 0 Å². The predicted molar refractivity (Wildman–Crippen MR) is 117 cm³/mol. The number of benzene rings is 2. The lowest BCUT2D eigenvalue weighted by molar-refractivity contribution is -0.384. The number of hydrogen-bond acceptors (Lipinski definition) is 5. The van der Waals surface area contributed by atoms with E-state index in [-0.39, 0.29) is 17.6 Å². The van der Waals surface area contributed by atoms with Crippen LogP contribution in [0.15, 0.2) is 66.1 Å². The highest BCUT2D eigenvalue weighted by Crippen LogP contribution is 2.38. The molecule has 0 N–H and O–H groups in total. The van der Waals surface area contributed by atoms with Gasteiger partial charge >= 0.3 is 0 Å². The van der Waals surface area contributed by atoms with E-state index in [1.54, 1.807) is 42.7 Å². The maximum Gasteiger partial charge on any atom is 0.269 e. The van der Waals surface area contributed by atoms with Gasteiger partial charge in [0, 0.05) is 29.6 Å². The van der Waals surface area contributed by atoms with E-state index in [1.807, 2.05) is 40.6 Å². The molecule has 4 rings (SSSR count). The van der Waals surface area contributed by atoms with E-state index in [2.05, 4.69) is 0 Å². The molecule has 0 spiro atoms. The lowest BCUT2D eigenvalue weighted by Crippen LogP contribution is -2.39. The Morgan fingerprint density at radius 1 is 1.17 bits per heavy atom. The minimum Gasteiger partial charge on any atom is -0.497 e. The first-order valence-electron chi connectivity index (χ1n) is 9.50. The lowest BCUT2D eigenvalue weighted by Gasteiger charge is -2.35. The number of nitrogens with zero attached hydrogens (tertiary/aromatic N) is 2. The number of ether oxygens (including phenoxy) is 1. The van der Waals surface area contributed by atoms with E-state index in [0.29, 0.717) is 6.54 Å². The van der Waals surface area contributed by atoms with E-state index in [1.165, 1.54) is 17.0 Å². The number of hydrogen-bond donors (Lipinski definition) is 0. The summed E-state index contributed by atoms with van der Waals surface area (Å²) in [4.78, 5) is 26.8. The lowest BCUT2D eigenvalue weighted by atomic mass is 9.93. The monoisotopic (exact) mass is 420 g/mol. The van der Waals surface area contributed by atoms with Crippen molar-refractivity contribution in [2.45, 2.75) is 12.5 Å². The number of rotatable bonds is 5. The first kappa shape index (κ1) is 19.8. The third kappa shape index (κ3) is 3.97. The molecule has 30 heavy (non-hydrogen) atoms. The molecule has 3 aromatic rings. The molecule has 1 aromatic heterocycles. The number of nitro groups is 1. The zero-order valence-corrected chi connectivity index (χ0v) is 17.2. The van der Waals surface area contributed by atoms with Gasteiger partial charge in [0.15, 0.2) is 0 Å². The molecule has 0 radical (unpaired) electrons. The molecular weight excluding hydrogens is 400 g/mol. The van der Waals surface area contributed by atoms with Gasteiger partial charge in [0.05, 0.1) is 18.1 Å². The van der Waals surface area contributed by atoms with Gasteiger partial charge in [0.2, 0.25) is 5.91 Å². The molecule has 7 heteroatoms. The van der Waals surface area contributed by atoms with Crippen LogP contribution in [0, 0.1) is 10.1 Å². The second kappa shape index (κ2) is 8.51. The molecule has 1 atom stereocenters. The average molecular weight is 420 g/mol. The van der Waals surface area contributed by atoms with Crippen LogP contribution < -0.4 is 4.74 Å². The standard InChI is InChI=1S/C23H20N2O4S/c1-29-19-9-2-16(3-10-19)4-11-22(26)24-14-12-21-20(13-15-30-21)23(24)17-5-7-18(8-6-17)25(27)28/h2-11,13,15,23H,12,14H2,1H3. The van der Waals surface area contributed by atoms with Crippen molar-refractivity contribution in [3.8, 4) is 5.75 Å². The molecule has 2 heterocycles. The molecule has 152 valence electrons. The van der Waals surface area contributed by atoms with Crippen LogP contribution in [-0.4, -0.2) is 29.4 Å². The maximum atomic E-state index is 13.1. The van der Waals surface area contributed by atoms with Crippen molar-refractivity contribution in [3.05, 3.63) is 97.7 Å². The fourth-order valence-corrected chi connectivity index (χ4v) is 4.57. The van der Waals surface area contributed by atoms with Crippen LogP contribution in [0.4, 0.5) is 5.69 Å². The maximum absolute atomic E-state index is 13.1. The second-order valence-corrected chi connectivity index (χ2v) is 7.94. The highest BCUT2D eigenvalue weighted by molar-refractivity contribution is 7.10. The summed E-state index contributed by atoms with van der Waals surface area (Å²) in [5, 5.41) is 13.0. The molecule has 0 saturated carbocycles. The molecule has 1 amide bonds. The van der Waals surface area contributed by atoms with Crippen LogP contribution in [0.5, 0.6) is 5.75 Å². The van der Waals surface area contributed by atoms with E-state index in [4.69, 9.17) is 4.74 Å². The first-order valence-corrected chi connectivity index (χ1v) is 10.4. The number of thiophene rings is 1. The molecule has 1 aliphatic heterocycles. The van der Waals surface area contributed by atoms with Gasteiger partial charge in [0.25, 0.3) is 5.69 Å². The quantitative estimate of drug-likeness (QED) is 0.336. The van der Waals surface area contributed by atoms with Crippen molar-refractivity contribution >= 4 is 29.0 Å². The van der Waals surface area contributed by atoms with Gasteiger partial charge < -0.3 is 9.64 Å². The Labute approximate surface area is 178 Å². The molecule has 1 unspecified atom stereocenters. The molecule has 2 aromatic carbocycles. The average Bonchev–Trinajstić information content (AvgIpc) is 3.26. The Balaban J connectivity index is 1.62. The highest BCUT2D eigenvalue weighted by atomic mass is 32.1. The Morgan fingerprint density at radius 2 is 1.90 bits per heavy atom. The largest absolute Gasteiger partial charge is 0.497 e. The van der Waals surface area contributed by atoms with Gasteiger partial charge in [-0.3, -0.25) is 14.9 Å².